The third-order valence-electron chi connectivity index (χ3n) is 7.76. The molecule has 0 aliphatic heterocycles. The van der Waals surface area contributed by atoms with E-state index >= 15 is 0 Å². The first kappa shape index (κ1) is 23.9. The van der Waals surface area contributed by atoms with Crippen molar-refractivity contribution in [2.75, 3.05) is 12.4 Å². The molecule has 0 saturated heterocycles. The molecule has 2 saturated carbocycles. The Labute approximate surface area is 214 Å². The molecule has 0 spiro atoms. The van der Waals surface area contributed by atoms with Gasteiger partial charge in [0.05, 0.1) is 41.0 Å². The summed E-state index contributed by atoms with van der Waals surface area (Å²) >= 11 is 0. The largest absolute Gasteiger partial charge is 0.380 e. The Kier molecular flexibility index (Phi) is 6.12. The summed E-state index contributed by atoms with van der Waals surface area (Å²) in [5, 5.41) is 7.91. The highest BCUT2D eigenvalue weighted by Crippen LogP contribution is 2.42. The fourth-order valence-corrected chi connectivity index (χ4v) is 5.80. The molecule has 2 aliphatic rings. The average Bonchev–Trinajstić information content (AvgIpc) is 3.66. The minimum absolute atomic E-state index is 0.0347. The molecule has 4 atom stereocenters. The smallest absolute Gasteiger partial charge is 0.229 e. The maximum atomic E-state index is 15.0. The van der Waals surface area contributed by atoms with Gasteiger partial charge in [0.1, 0.15) is 11.6 Å². The molecule has 9 heteroatoms. The van der Waals surface area contributed by atoms with Crippen molar-refractivity contribution in [3.05, 3.63) is 71.7 Å². The standard InChI is InChI=1S/C28H30F2N6O/c1-15-9-18(12-23(31)27(15)37-2)20-7-8-32-14-25(20)34-28-33-13-19-5-6-24(35-36(19)28)26-21(29)10-17(11-22(26)30)16-3-4-16/h5-8,10-11,13-16,18,23,27H,3-4,9,12,31H2,1-2H3,(H,33,34)/t15-,18+,23+,27-/m0/s1. The number of ether oxygens (including phenoxy) is 1. The molecule has 7 nitrogen and oxygen atoms in total. The molecule has 2 aliphatic carbocycles. The molecular weight excluding hydrogens is 474 g/mol. The molecule has 0 amide bonds. The molecule has 6 rings (SSSR count). The molecule has 0 unspecified atom stereocenters. The topological polar surface area (TPSA) is 90.4 Å². The number of pyridine rings is 1. The van der Waals surface area contributed by atoms with Crippen LogP contribution in [0.3, 0.4) is 0 Å². The third kappa shape index (κ3) is 4.46. The molecular formula is C28H30F2N6O. The molecule has 3 aromatic heterocycles. The van der Waals surface area contributed by atoms with Crippen LogP contribution in [0.2, 0.25) is 0 Å². The van der Waals surface area contributed by atoms with Gasteiger partial charge in [-0.25, -0.2) is 13.8 Å². The summed E-state index contributed by atoms with van der Waals surface area (Å²) in [6.07, 6.45) is 8.91. The number of nitrogens with zero attached hydrogens (tertiary/aromatic N) is 4. The summed E-state index contributed by atoms with van der Waals surface area (Å²) in [4.78, 5) is 8.80. The van der Waals surface area contributed by atoms with Gasteiger partial charge >= 0.3 is 0 Å². The number of methoxy groups -OCH3 is 1. The number of nitrogens with two attached hydrogens (primary N) is 1. The SMILES string of the molecule is CO[C@@H]1[C@H](N)C[C@H](c2ccncc2Nc2ncc3ccc(-c4c(F)cc(C5CC5)cc4F)nn23)C[C@@H]1C. The van der Waals surface area contributed by atoms with Crippen LogP contribution < -0.4 is 11.1 Å². The lowest BCUT2D eigenvalue weighted by Gasteiger charge is -2.38. The van der Waals surface area contributed by atoms with E-state index in [-0.39, 0.29) is 35.2 Å². The summed E-state index contributed by atoms with van der Waals surface area (Å²) in [5.41, 5.74) is 9.81. The van der Waals surface area contributed by atoms with E-state index in [0.717, 1.165) is 36.9 Å². The van der Waals surface area contributed by atoms with Gasteiger partial charge in [-0.1, -0.05) is 6.92 Å². The number of anilines is 2. The van der Waals surface area contributed by atoms with Crippen molar-refractivity contribution in [2.45, 2.75) is 56.6 Å². The summed E-state index contributed by atoms with van der Waals surface area (Å²) in [6, 6.07) is 8.17. The first-order valence-corrected chi connectivity index (χ1v) is 12.8. The van der Waals surface area contributed by atoms with Crippen molar-refractivity contribution in [1.29, 1.82) is 0 Å². The zero-order chi connectivity index (χ0) is 25.7. The number of nitrogens with one attached hydrogen (secondary N) is 1. The summed E-state index contributed by atoms with van der Waals surface area (Å²) in [5.74, 6) is 0.0281. The zero-order valence-electron chi connectivity index (χ0n) is 20.9. The van der Waals surface area contributed by atoms with Crippen LogP contribution in [-0.2, 0) is 4.74 Å². The van der Waals surface area contributed by atoms with Gasteiger partial charge in [-0.3, -0.25) is 4.98 Å². The van der Waals surface area contributed by atoms with Crippen molar-refractivity contribution < 1.29 is 13.5 Å². The number of rotatable bonds is 6. The molecule has 1 aromatic carbocycles. The van der Waals surface area contributed by atoms with Crippen LogP contribution in [0.1, 0.15) is 55.6 Å². The second-order valence-corrected chi connectivity index (χ2v) is 10.4. The monoisotopic (exact) mass is 504 g/mol. The summed E-state index contributed by atoms with van der Waals surface area (Å²) in [7, 11) is 1.71. The van der Waals surface area contributed by atoms with Crippen molar-refractivity contribution in [3.63, 3.8) is 0 Å². The van der Waals surface area contributed by atoms with E-state index in [9.17, 15) is 8.78 Å². The van der Waals surface area contributed by atoms with E-state index in [0.29, 0.717) is 22.9 Å². The van der Waals surface area contributed by atoms with Gasteiger partial charge in [0.2, 0.25) is 5.95 Å². The molecule has 0 radical (unpaired) electrons. The highest BCUT2D eigenvalue weighted by Gasteiger charge is 2.35. The number of benzene rings is 1. The van der Waals surface area contributed by atoms with Crippen LogP contribution in [0.25, 0.3) is 16.8 Å². The average molecular weight is 505 g/mol. The zero-order valence-corrected chi connectivity index (χ0v) is 20.9. The molecule has 4 aromatic rings. The Morgan fingerprint density at radius 1 is 1.05 bits per heavy atom. The highest BCUT2D eigenvalue weighted by atomic mass is 19.1. The van der Waals surface area contributed by atoms with E-state index in [1.807, 2.05) is 6.07 Å². The maximum absolute atomic E-state index is 15.0. The third-order valence-corrected chi connectivity index (χ3v) is 7.76. The Balaban J connectivity index is 1.33. The number of hydrogen-bond donors (Lipinski definition) is 2. The van der Waals surface area contributed by atoms with Crippen molar-refractivity contribution in [1.82, 2.24) is 19.6 Å². The van der Waals surface area contributed by atoms with Gasteiger partial charge in [0.25, 0.3) is 0 Å². The molecule has 2 fully saturated rings. The van der Waals surface area contributed by atoms with E-state index in [1.54, 1.807) is 42.3 Å². The van der Waals surface area contributed by atoms with Gasteiger partial charge in [-0.05, 0) is 84.9 Å². The van der Waals surface area contributed by atoms with Crippen LogP contribution >= 0.6 is 0 Å². The first-order chi connectivity index (χ1) is 17.9. The normalized spacial score (nSPS) is 23.9. The number of hydrogen-bond acceptors (Lipinski definition) is 6. The molecule has 3 N–H and O–H groups in total. The minimum atomic E-state index is -0.602. The van der Waals surface area contributed by atoms with Gasteiger partial charge in [0.15, 0.2) is 0 Å². The van der Waals surface area contributed by atoms with Gasteiger partial charge in [0, 0.05) is 19.3 Å². The minimum Gasteiger partial charge on any atom is -0.380 e. The predicted octanol–water partition coefficient (Wildman–Crippen LogP) is 5.55. The fourth-order valence-electron chi connectivity index (χ4n) is 5.80. The molecule has 3 heterocycles. The fraction of sp³-hybridized carbons (Fsp3) is 0.393. The van der Waals surface area contributed by atoms with Crippen molar-refractivity contribution >= 4 is 17.2 Å². The molecule has 192 valence electrons. The molecule has 0 bridgehead atoms. The highest BCUT2D eigenvalue weighted by molar-refractivity contribution is 5.66. The lowest BCUT2D eigenvalue weighted by molar-refractivity contribution is 0.00984. The lowest BCUT2D eigenvalue weighted by Crippen LogP contribution is -2.45. The van der Waals surface area contributed by atoms with E-state index in [4.69, 9.17) is 10.5 Å². The second-order valence-electron chi connectivity index (χ2n) is 10.4. The van der Waals surface area contributed by atoms with Gasteiger partial charge in [-0.15, -0.1) is 0 Å². The number of fused-ring (bicyclic) bond motifs is 1. The van der Waals surface area contributed by atoms with Crippen molar-refractivity contribution in [3.8, 4) is 11.3 Å². The van der Waals surface area contributed by atoms with Gasteiger partial charge in [-0.2, -0.15) is 9.61 Å². The number of aromatic nitrogens is 4. The van der Waals surface area contributed by atoms with Crippen LogP contribution in [0, 0.1) is 17.6 Å². The van der Waals surface area contributed by atoms with Crippen LogP contribution in [0.4, 0.5) is 20.4 Å². The number of halogens is 2. The van der Waals surface area contributed by atoms with E-state index in [2.05, 4.69) is 27.3 Å². The number of imidazole rings is 1. The van der Waals surface area contributed by atoms with Crippen LogP contribution in [-0.4, -0.2) is 38.8 Å². The van der Waals surface area contributed by atoms with Crippen molar-refractivity contribution in [2.24, 2.45) is 11.7 Å². The summed E-state index contributed by atoms with van der Waals surface area (Å²) < 4.78 is 37.2. The quantitative estimate of drug-likeness (QED) is 0.358. The predicted molar refractivity (Wildman–Crippen MR) is 138 cm³/mol. The van der Waals surface area contributed by atoms with E-state index < -0.39 is 11.6 Å². The first-order valence-electron chi connectivity index (χ1n) is 12.8. The van der Waals surface area contributed by atoms with Crippen LogP contribution in [0.15, 0.2) is 48.9 Å². The van der Waals surface area contributed by atoms with Gasteiger partial charge < -0.3 is 15.8 Å². The van der Waals surface area contributed by atoms with Crippen LogP contribution in [0.5, 0.6) is 0 Å². The lowest BCUT2D eigenvalue weighted by atomic mass is 9.74. The Bertz CT molecular complexity index is 1420. The Morgan fingerprint density at radius 2 is 1.84 bits per heavy atom. The molecule has 37 heavy (non-hydrogen) atoms. The van der Waals surface area contributed by atoms with E-state index in [1.165, 1.54) is 12.1 Å². The Morgan fingerprint density at radius 3 is 2.54 bits per heavy atom. The maximum Gasteiger partial charge on any atom is 0.229 e. The second kappa shape index (κ2) is 9.46. The Hall–Kier alpha value is -3.43. The summed E-state index contributed by atoms with van der Waals surface area (Å²) in [6.45, 7) is 2.16.